The molecule has 1 N–H and O–H groups in total. The number of rotatable bonds is 5. The Morgan fingerprint density at radius 3 is 2.59 bits per heavy atom. The highest BCUT2D eigenvalue weighted by Gasteiger charge is 2.32. The van der Waals surface area contributed by atoms with Crippen molar-refractivity contribution in [3.05, 3.63) is 34.9 Å². The molecular formula is C16H25N. The van der Waals surface area contributed by atoms with Crippen LogP contribution in [0.4, 0.5) is 0 Å². The van der Waals surface area contributed by atoms with Gasteiger partial charge in [0.05, 0.1) is 0 Å². The molecule has 17 heavy (non-hydrogen) atoms. The molecule has 0 spiro atoms. The van der Waals surface area contributed by atoms with Crippen molar-refractivity contribution in [1.29, 1.82) is 0 Å². The largest absolute Gasteiger partial charge is 0.316 e. The summed E-state index contributed by atoms with van der Waals surface area (Å²) in [6.45, 7) is 6.81. The van der Waals surface area contributed by atoms with Crippen LogP contribution in [0.25, 0.3) is 0 Å². The third-order valence-electron chi connectivity index (χ3n) is 4.32. The molecule has 1 nitrogen and oxygen atoms in total. The molecule has 1 aromatic rings. The van der Waals surface area contributed by atoms with E-state index in [0.29, 0.717) is 6.04 Å². The second-order valence-corrected chi connectivity index (χ2v) is 5.73. The van der Waals surface area contributed by atoms with Crippen LogP contribution in [0, 0.1) is 25.7 Å². The van der Waals surface area contributed by atoms with Gasteiger partial charge in [0.2, 0.25) is 0 Å². The van der Waals surface area contributed by atoms with Crippen molar-refractivity contribution in [3.8, 4) is 0 Å². The fourth-order valence-corrected chi connectivity index (χ4v) is 2.76. The predicted molar refractivity (Wildman–Crippen MR) is 74.4 cm³/mol. The summed E-state index contributed by atoms with van der Waals surface area (Å²) in [6.07, 6.45) is 4.04. The van der Waals surface area contributed by atoms with E-state index in [2.05, 4.69) is 51.3 Å². The standard InChI is InChI=1S/C16H25N/c1-11-5-6-12(2)15(9-11)10-16(17-4)13(3)14-7-8-14/h5-6,9,13-14,16-17H,7-8,10H2,1-4H3. The summed E-state index contributed by atoms with van der Waals surface area (Å²) in [7, 11) is 2.11. The first-order chi connectivity index (χ1) is 8.11. The second-order valence-electron chi connectivity index (χ2n) is 5.73. The topological polar surface area (TPSA) is 12.0 Å². The van der Waals surface area contributed by atoms with Gasteiger partial charge in [0.25, 0.3) is 0 Å². The molecule has 0 saturated heterocycles. The van der Waals surface area contributed by atoms with E-state index in [1.165, 1.54) is 36.0 Å². The molecule has 94 valence electrons. The lowest BCUT2D eigenvalue weighted by Gasteiger charge is -2.24. The minimum Gasteiger partial charge on any atom is -0.316 e. The van der Waals surface area contributed by atoms with E-state index in [9.17, 15) is 0 Å². The lowest BCUT2D eigenvalue weighted by molar-refractivity contribution is 0.357. The SMILES string of the molecule is CNC(Cc1cc(C)ccc1C)C(C)C1CC1. The number of nitrogens with one attached hydrogen (secondary N) is 1. The van der Waals surface area contributed by atoms with Gasteiger partial charge in [-0.25, -0.2) is 0 Å². The summed E-state index contributed by atoms with van der Waals surface area (Å²) in [5.74, 6) is 1.78. The highest BCUT2D eigenvalue weighted by atomic mass is 14.9. The van der Waals surface area contributed by atoms with E-state index in [0.717, 1.165) is 11.8 Å². The molecule has 1 heteroatoms. The van der Waals surface area contributed by atoms with Crippen molar-refractivity contribution in [2.45, 2.75) is 46.1 Å². The zero-order valence-corrected chi connectivity index (χ0v) is 11.6. The molecule has 0 heterocycles. The summed E-state index contributed by atoms with van der Waals surface area (Å²) in [6, 6.07) is 7.43. The molecule has 1 aromatic carbocycles. The molecule has 1 aliphatic carbocycles. The lowest BCUT2D eigenvalue weighted by Crippen LogP contribution is -2.35. The Bertz CT molecular complexity index is 379. The minimum atomic E-state index is 0.628. The van der Waals surface area contributed by atoms with E-state index in [-0.39, 0.29) is 0 Å². The number of hydrogen-bond donors (Lipinski definition) is 1. The maximum atomic E-state index is 3.52. The van der Waals surface area contributed by atoms with E-state index in [1.54, 1.807) is 0 Å². The van der Waals surface area contributed by atoms with Crippen LogP contribution in [0.2, 0.25) is 0 Å². The van der Waals surface area contributed by atoms with E-state index < -0.39 is 0 Å². The Kier molecular flexibility index (Phi) is 3.88. The summed E-state index contributed by atoms with van der Waals surface area (Å²) in [5.41, 5.74) is 4.32. The molecule has 0 amide bonds. The van der Waals surface area contributed by atoms with Gasteiger partial charge in [-0.3, -0.25) is 0 Å². The summed E-state index contributed by atoms with van der Waals surface area (Å²) >= 11 is 0. The van der Waals surface area contributed by atoms with E-state index >= 15 is 0 Å². The van der Waals surface area contributed by atoms with Gasteiger partial charge in [-0.1, -0.05) is 30.7 Å². The number of aryl methyl sites for hydroxylation is 2. The third kappa shape index (κ3) is 3.10. The maximum absolute atomic E-state index is 3.52. The molecule has 2 atom stereocenters. The van der Waals surface area contributed by atoms with Crippen molar-refractivity contribution in [3.63, 3.8) is 0 Å². The average Bonchev–Trinajstić information content (AvgIpc) is 3.13. The van der Waals surface area contributed by atoms with Crippen molar-refractivity contribution >= 4 is 0 Å². The van der Waals surface area contributed by atoms with Gasteiger partial charge >= 0.3 is 0 Å². The first kappa shape index (κ1) is 12.6. The van der Waals surface area contributed by atoms with Crippen molar-refractivity contribution in [2.24, 2.45) is 11.8 Å². The highest BCUT2D eigenvalue weighted by Crippen LogP contribution is 2.38. The van der Waals surface area contributed by atoms with Crippen molar-refractivity contribution in [1.82, 2.24) is 5.32 Å². The van der Waals surface area contributed by atoms with Gasteiger partial charge in [0.15, 0.2) is 0 Å². The second kappa shape index (κ2) is 5.22. The molecular weight excluding hydrogens is 206 g/mol. The van der Waals surface area contributed by atoms with Gasteiger partial charge in [-0.15, -0.1) is 0 Å². The molecule has 2 unspecified atom stereocenters. The molecule has 0 radical (unpaired) electrons. The summed E-state index contributed by atoms with van der Waals surface area (Å²) in [4.78, 5) is 0. The van der Waals surface area contributed by atoms with Crippen molar-refractivity contribution < 1.29 is 0 Å². The molecule has 1 saturated carbocycles. The van der Waals surface area contributed by atoms with Gasteiger partial charge in [-0.05, 0) is 63.1 Å². The van der Waals surface area contributed by atoms with Crippen LogP contribution in [-0.4, -0.2) is 13.1 Å². The summed E-state index contributed by atoms with van der Waals surface area (Å²) in [5, 5.41) is 3.52. The van der Waals surface area contributed by atoms with Crippen LogP contribution in [0.3, 0.4) is 0 Å². The van der Waals surface area contributed by atoms with Crippen LogP contribution < -0.4 is 5.32 Å². The van der Waals surface area contributed by atoms with Crippen LogP contribution in [0.5, 0.6) is 0 Å². The zero-order valence-electron chi connectivity index (χ0n) is 11.6. The zero-order chi connectivity index (χ0) is 12.4. The van der Waals surface area contributed by atoms with Crippen LogP contribution in [0.1, 0.15) is 36.5 Å². The molecule has 1 fully saturated rings. The van der Waals surface area contributed by atoms with Gasteiger partial charge in [0.1, 0.15) is 0 Å². The first-order valence-electron chi connectivity index (χ1n) is 6.85. The minimum absolute atomic E-state index is 0.628. The quantitative estimate of drug-likeness (QED) is 0.818. The Morgan fingerprint density at radius 2 is 2.00 bits per heavy atom. The Morgan fingerprint density at radius 1 is 1.29 bits per heavy atom. The number of likely N-dealkylation sites (N-methyl/N-ethyl adjacent to an activating group) is 1. The number of benzene rings is 1. The van der Waals surface area contributed by atoms with Crippen LogP contribution >= 0.6 is 0 Å². The van der Waals surface area contributed by atoms with Crippen LogP contribution in [-0.2, 0) is 6.42 Å². The van der Waals surface area contributed by atoms with E-state index in [1.807, 2.05) is 0 Å². The van der Waals surface area contributed by atoms with Gasteiger partial charge in [0, 0.05) is 6.04 Å². The smallest absolute Gasteiger partial charge is 0.0133 e. The van der Waals surface area contributed by atoms with Crippen LogP contribution in [0.15, 0.2) is 18.2 Å². The lowest BCUT2D eigenvalue weighted by atomic mass is 9.89. The molecule has 1 aliphatic rings. The maximum Gasteiger partial charge on any atom is 0.0133 e. The normalized spacial score (nSPS) is 19.1. The monoisotopic (exact) mass is 231 g/mol. The first-order valence-corrected chi connectivity index (χ1v) is 6.85. The number of hydrogen-bond acceptors (Lipinski definition) is 1. The summed E-state index contributed by atoms with van der Waals surface area (Å²) < 4.78 is 0. The van der Waals surface area contributed by atoms with E-state index in [4.69, 9.17) is 0 Å². The van der Waals surface area contributed by atoms with Crippen molar-refractivity contribution in [2.75, 3.05) is 7.05 Å². The fourth-order valence-electron chi connectivity index (χ4n) is 2.76. The van der Waals surface area contributed by atoms with Gasteiger partial charge in [-0.2, -0.15) is 0 Å². The average molecular weight is 231 g/mol. The fraction of sp³-hybridized carbons (Fsp3) is 0.625. The Hall–Kier alpha value is -0.820. The Balaban J connectivity index is 2.08. The molecule has 0 aromatic heterocycles. The molecule has 0 aliphatic heterocycles. The Labute approximate surface area is 106 Å². The van der Waals surface area contributed by atoms with Gasteiger partial charge < -0.3 is 5.32 Å². The predicted octanol–water partition coefficient (Wildman–Crippen LogP) is 3.48. The molecule has 0 bridgehead atoms. The third-order valence-corrected chi connectivity index (χ3v) is 4.32. The highest BCUT2D eigenvalue weighted by molar-refractivity contribution is 5.31. The molecule has 2 rings (SSSR count).